The van der Waals surface area contributed by atoms with Crippen LogP contribution in [0, 0.1) is 0 Å². The molecule has 0 aromatic heterocycles. The van der Waals surface area contributed by atoms with Crippen molar-refractivity contribution in [3.05, 3.63) is 71.3 Å². The van der Waals surface area contributed by atoms with E-state index in [1.165, 1.54) is 25.3 Å². The number of aliphatic hydroxyl groups excluding tert-OH is 1. The van der Waals surface area contributed by atoms with Gasteiger partial charge in [0.05, 0.1) is 0 Å². The molecule has 0 saturated carbocycles. The van der Waals surface area contributed by atoms with Crippen molar-refractivity contribution in [2.24, 2.45) is 5.73 Å². The first-order valence-corrected chi connectivity index (χ1v) is 11.6. The van der Waals surface area contributed by atoms with Crippen LogP contribution in [0.5, 0.6) is 0 Å². The van der Waals surface area contributed by atoms with Gasteiger partial charge in [-0.15, -0.1) is 0 Å². The topological polar surface area (TPSA) is 86.9 Å². The third kappa shape index (κ3) is 5.03. The predicted molar refractivity (Wildman–Crippen MR) is 124 cm³/mol. The molecule has 3 N–H and O–H groups in total. The standard InChI is InChI=1S/C26H33N3O3/c1-18(30)26(32)28(17-19-6-3-2-4-7-19)12-13-29-23-10-11-24(29)16-22(15-23)20-8-5-9-21(14-20)25(27)31/h2-9,14,18,22-24,30H,10-13,15-17H2,1H3,(H2,27,31)/t18-,22-,23+,24-/m0/s1. The van der Waals surface area contributed by atoms with E-state index in [0.29, 0.717) is 36.7 Å². The van der Waals surface area contributed by atoms with Gasteiger partial charge in [-0.2, -0.15) is 0 Å². The number of nitrogens with two attached hydrogens (primary N) is 1. The van der Waals surface area contributed by atoms with Gasteiger partial charge in [0.15, 0.2) is 0 Å². The minimum Gasteiger partial charge on any atom is -0.384 e. The molecule has 170 valence electrons. The molecule has 6 heteroatoms. The van der Waals surface area contributed by atoms with Crippen LogP contribution >= 0.6 is 0 Å². The van der Waals surface area contributed by atoms with E-state index in [-0.39, 0.29) is 11.8 Å². The molecule has 6 nitrogen and oxygen atoms in total. The van der Waals surface area contributed by atoms with Crippen LogP contribution in [0.3, 0.4) is 0 Å². The van der Waals surface area contributed by atoms with Gasteiger partial charge < -0.3 is 15.7 Å². The Bertz CT molecular complexity index is 932. The molecular weight excluding hydrogens is 402 g/mol. The summed E-state index contributed by atoms with van der Waals surface area (Å²) in [4.78, 5) is 28.6. The molecule has 0 unspecified atom stereocenters. The molecule has 2 bridgehead atoms. The van der Waals surface area contributed by atoms with E-state index in [1.807, 2.05) is 42.5 Å². The Morgan fingerprint density at radius 3 is 2.41 bits per heavy atom. The largest absolute Gasteiger partial charge is 0.384 e. The summed E-state index contributed by atoms with van der Waals surface area (Å²) in [6, 6.07) is 18.6. The first-order valence-electron chi connectivity index (χ1n) is 11.6. The quantitative estimate of drug-likeness (QED) is 0.668. The Morgan fingerprint density at radius 1 is 1.09 bits per heavy atom. The maximum Gasteiger partial charge on any atom is 0.251 e. The van der Waals surface area contributed by atoms with Gasteiger partial charge in [-0.25, -0.2) is 0 Å². The molecule has 2 fully saturated rings. The average Bonchev–Trinajstić information content (AvgIpc) is 3.03. The highest BCUT2D eigenvalue weighted by molar-refractivity contribution is 5.92. The fraction of sp³-hybridized carbons (Fsp3) is 0.462. The SMILES string of the molecule is C[C@H](O)C(=O)N(CCN1[C@@H]2CC[C@H]1C[C@@H](c1cccc(C(N)=O)c1)C2)Cc1ccccc1. The van der Waals surface area contributed by atoms with Crippen molar-refractivity contribution in [2.75, 3.05) is 13.1 Å². The fourth-order valence-corrected chi connectivity index (χ4v) is 5.43. The van der Waals surface area contributed by atoms with E-state index in [9.17, 15) is 14.7 Å². The number of piperidine rings is 1. The second kappa shape index (κ2) is 9.84. The van der Waals surface area contributed by atoms with Gasteiger partial charge in [0, 0.05) is 37.3 Å². The smallest absolute Gasteiger partial charge is 0.251 e. The minimum atomic E-state index is -1.00. The molecule has 4 atom stereocenters. The molecule has 32 heavy (non-hydrogen) atoms. The van der Waals surface area contributed by atoms with Crippen molar-refractivity contribution in [2.45, 2.75) is 63.3 Å². The summed E-state index contributed by atoms with van der Waals surface area (Å²) in [6.07, 6.45) is 3.45. The number of carbonyl (C=O) groups excluding carboxylic acids is 2. The second-order valence-corrected chi connectivity index (χ2v) is 9.20. The predicted octanol–water partition coefficient (Wildman–Crippen LogP) is 2.91. The number of primary amides is 1. The van der Waals surface area contributed by atoms with Crippen LogP contribution in [0.15, 0.2) is 54.6 Å². The lowest BCUT2D eigenvalue weighted by Gasteiger charge is -2.40. The normalized spacial score (nSPS) is 23.6. The van der Waals surface area contributed by atoms with Crippen LogP contribution in [-0.4, -0.2) is 58.0 Å². The maximum atomic E-state index is 12.6. The molecule has 2 heterocycles. The number of benzene rings is 2. The molecule has 2 aromatic rings. The van der Waals surface area contributed by atoms with E-state index in [4.69, 9.17) is 5.73 Å². The van der Waals surface area contributed by atoms with Gasteiger partial charge in [-0.3, -0.25) is 14.5 Å². The summed E-state index contributed by atoms with van der Waals surface area (Å²) in [5, 5.41) is 9.91. The fourth-order valence-electron chi connectivity index (χ4n) is 5.43. The molecule has 2 saturated heterocycles. The Morgan fingerprint density at radius 2 is 1.78 bits per heavy atom. The Hall–Kier alpha value is -2.70. The third-order valence-electron chi connectivity index (χ3n) is 7.04. The minimum absolute atomic E-state index is 0.223. The highest BCUT2D eigenvalue weighted by Gasteiger charge is 2.41. The van der Waals surface area contributed by atoms with E-state index in [1.54, 1.807) is 11.0 Å². The summed E-state index contributed by atoms with van der Waals surface area (Å²) in [6.45, 7) is 3.47. The molecular formula is C26H33N3O3. The number of aliphatic hydroxyl groups is 1. The first kappa shape index (κ1) is 22.5. The van der Waals surface area contributed by atoms with E-state index in [0.717, 1.165) is 24.9 Å². The van der Waals surface area contributed by atoms with Crippen LogP contribution in [0.1, 0.15) is 60.0 Å². The Labute approximate surface area is 190 Å². The average molecular weight is 436 g/mol. The molecule has 0 radical (unpaired) electrons. The zero-order valence-corrected chi connectivity index (χ0v) is 18.7. The molecule has 0 spiro atoms. The zero-order valence-electron chi connectivity index (χ0n) is 18.7. The number of nitrogens with zero attached hydrogens (tertiary/aromatic N) is 2. The molecule has 4 rings (SSSR count). The van der Waals surface area contributed by atoms with Gasteiger partial charge >= 0.3 is 0 Å². The number of rotatable bonds is 8. The molecule has 2 aliphatic rings. The van der Waals surface area contributed by atoms with Gasteiger partial charge in [0.1, 0.15) is 6.10 Å². The first-order chi connectivity index (χ1) is 15.4. The number of fused-ring (bicyclic) bond motifs is 2. The van der Waals surface area contributed by atoms with Crippen molar-refractivity contribution in [3.8, 4) is 0 Å². The second-order valence-electron chi connectivity index (χ2n) is 9.20. The van der Waals surface area contributed by atoms with Gasteiger partial charge in [0.2, 0.25) is 5.91 Å². The summed E-state index contributed by atoms with van der Waals surface area (Å²) in [5.41, 5.74) is 8.32. The van der Waals surface area contributed by atoms with Gasteiger partial charge in [-0.05, 0) is 61.8 Å². The Kier molecular flexibility index (Phi) is 6.92. The monoisotopic (exact) mass is 435 g/mol. The van der Waals surface area contributed by atoms with Crippen molar-refractivity contribution >= 4 is 11.8 Å². The molecule has 2 aromatic carbocycles. The maximum absolute atomic E-state index is 12.6. The van der Waals surface area contributed by atoms with Crippen LogP contribution < -0.4 is 5.73 Å². The van der Waals surface area contributed by atoms with E-state index >= 15 is 0 Å². The lowest BCUT2D eigenvalue weighted by molar-refractivity contribution is -0.140. The molecule has 2 amide bonds. The lowest BCUT2D eigenvalue weighted by Crippen LogP contribution is -2.48. The summed E-state index contributed by atoms with van der Waals surface area (Å²) < 4.78 is 0. The molecule has 2 aliphatic heterocycles. The highest BCUT2D eigenvalue weighted by atomic mass is 16.3. The zero-order chi connectivity index (χ0) is 22.7. The number of amides is 2. The highest BCUT2D eigenvalue weighted by Crippen LogP contribution is 2.43. The van der Waals surface area contributed by atoms with Crippen LogP contribution in [0.4, 0.5) is 0 Å². The summed E-state index contributed by atoms with van der Waals surface area (Å²) >= 11 is 0. The van der Waals surface area contributed by atoms with Crippen molar-refractivity contribution in [1.82, 2.24) is 9.80 Å². The number of hydrogen-bond donors (Lipinski definition) is 2. The van der Waals surface area contributed by atoms with Crippen LogP contribution in [0.2, 0.25) is 0 Å². The van der Waals surface area contributed by atoms with Crippen LogP contribution in [-0.2, 0) is 11.3 Å². The van der Waals surface area contributed by atoms with Gasteiger partial charge in [-0.1, -0.05) is 42.5 Å². The molecule has 0 aliphatic carbocycles. The number of carbonyl (C=O) groups is 2. The van der Waals surface area contributed by atoms with Crippen LogP contribution in [0.25, 0.3) is 0 Å². The van der Waals surface area contributed by atoms with Crippen molar-refractivity contribution in [1.29, 1.82) is 0 Å². The lowest BCUT2D eigenvalue weighted by atomic mass is 9.84. The van der Waals surface area contributed by atoms with Crippen molar-refractivity contribution < 1.29 is 14.7 Å². The summed E-state index contributed by atoms with van der Waals surface area (Å²) in [7, 11) is 0. The Balaban J connectivity index is 1.41. The third-order valence-corrected chi connectivity index (χ3v) is 7.04. The van der Waals surface area contributed by atoms with Gasteiger partial charge in [0.25, 0.3) is 5.91 Å². The van der Waals surface area contributed by atoms with E-state index < -0.39 is 6.10 Å². The number of hydrogen-bond acceptors (Lipinski definition) is 4. The van der Waals surface area contributed by atoms with E-state index in [2.05, 4.69) is 11.0 Å². The van der Waals surface area contributed by atoms with Crippen molar-refractivity contribution in [3.63, 3.8) is 0 Å². The summed E-state index contributed by atoms with van der Waals surface area (Å²) in [5.74, 6) is -0.171.